The van der Waals surface area contributed by atoms with E-state index in [1.165, 1.54) is 23.5 Å². The van der Waals surface area contributed by atoms with Gasteiger partial charge in [0.2, 0.25) is 4.80 Å². The number of nitrogens with zero attached hydrogens (tertiary/aromatic N) is 5. The average molecular weight is 415 g/mol. The van der Waals surface area contributed by atoms with Crippen LogP contribution in [0.25, 0.3) is 16.9 Å². The van der Waals surface area contributed by atoms with Gasteiger partial charge in [-0.1, -0.05) is 24.3 Å². The molecule has 2 heterocycles. The Labute approximate surface area is 176 Å². The average Bonchev–Trinajstić information content (AvgIpc) is 3.22. The molecule has 0 aliphatic rings. The number of pyridine rings is 1. The van der Waals surface area contributed by atoms with Gasteiger partial charge in [-0.3, -0.25) is 19.7 Å². The molecule has 0 saturated heterocycles. The van der Waals surface area contributed by atoms with Crippen LogP contribution in [0, 0.1) is 10.1 Å². The van der Waals surface area contributed by atoms with Crippen molar-refractivity contribution in [1.82, 2.24) is 9.55 Å². The molecule has 0 radical (unpaired) electrons. The highest BCUT2D eigenvalue weighted by Gasteiger charge is 2.12. The summed E-state index contributed by atoms with van der Waals surface area (Å²) in [6.45, 7) is 1.86. The summed E-state index contributed by atoms with van der Waals surface area (Å²) in [4.78, 5) is 15.6. The fraction of sp³-hybridized carbons (Fsp3) is 0.0455. The van der Waals surface area contributed by atoms with Gasteiger partial charge in [-0.05, 0) is 48.9 Å². The molecule has 0 saturated carbocycles. The van der Waals surface area contributed by atoms with Crippen LogP contribution in [0.15, 0.2) is 94.6 Å². The van der Waals surface area contributed by atoms with Gasteiger partial charge in [-0.25, -0.2) is 0 Å². The Morgan fingerprint density at radius 3 is 2.43 bits per heavy atom. The van der Waals surface area contributed by atoms with E-state index in [4.69, 9.17) is 0 Å². The van der Waals surface area contributed by atoms with Crippen molar-refractivity contribution in [2.75, 3.05) is 0 Å². The van der Waals surface area contributed by atoms with E-state index in [0.29, 0.717) is 10.5 Å². The SMILES string of the molecule is C/C(=N\N=c1/scc(-c2ccc([N+](=O)[O-])cc2)n1-c1ccccc1)c1ccccn1. The van der Waals surface area contributed by atoms with Crippen LogP contribution < -0.4 is 4.80 Å². The van der Waals surface area contributed by atoms with E-state index in [1.807, 2.05) is 65.4 Å². The first-order valence-electron chi connectivity index (χ1n) is 9.14. The van der Waals surface area contributed by atoms with Gasteiger partial charge in [0.25, 0.3) is 5.69 Å². The quantitative estimate of drug-likeness (QED) is 0.266. The van der Waals surface area contributed by atoms with E-state index < -0.39 is 4.92 Å². The molecule has 0 fully saturated rings. The molecule has 2 aromatic heterocycles. The van der Waals surface area contributed by atoms with Crippen molar-refractivity contribution >= 4 is 22.7 Å². The molecule has 0 bridgehead atoms. The molecule has 8 heteroatoms. The predicted molar refractivity (Wildman–Crippen MR) is 118 cm³/mol. The zero-order valence-corrected chi connectivity index (χ0v) is 16.9. The number of benzene rings is 2. The lowest BCUT2D eigenvalue weighted by molar-refractivity contribution is -0.384. The zero-order chi connectivity index (χ0) is 20.9. The van der Waals surface area contributed by atoms with Gasteiger partial charge in [0, 0.05) is 29.4 Å². The molecule has 30 heavy (non-hydrogen) atoms. The van der Waals surface area contributed by atoms with Gasteiger partial charge in [-0.15, -0.1) is 16.4 Å². The number of para-hydroxylation sites is 1. The zero-order valence-electron chi connectivity index (χ0n) is 16.0. The molecule has 0 unspecified atom stereocenters. The Kier molecular flexibility index (Phi) is 5.58. The summed E-state index contributed by atoms with van der Waals surface area (Å²) in [5.74, 6) is 0. The van der Waals surface area contributed by atoms with E-state index in [0.717, 1.165) is 22.6 Å². The van der Waals surface area contributed by atoms with Gasteiger partial charge >= 0.3 is 0 Å². The molecular formula is C22H17N5O2S. The number of thiazole rings is 1. The Hall–Kier alpha value is -3.91. The number of rotatable bonds is 5. The number of nitro groups is 1. The molecule has 148 valence electrons. The van der Waals surface area contributed by atoms with Gasteiger partial charge in [0.15, 0.2) is 0 Å². The first-order chi connectivity index (χ1) is 14.6. The van der Waals surface area contributed by atoms with Crippen molar-refractivity contribution in [3.8, 4) is 16.9 Å². The van der Waals surface area contributed by atoms with Crippen LogP contribution in [0.3, 0.4) is 0 Å². The maximum atomic E-state index is 11.0. The Bertz CT molecular complexity index is 1260. The van der Waals surface area contributed by atoms with Crippen LogP contribution in [0.1, 0.15) is 12.6 Å². The van der Waals surface area contributed by atoms with E-state index in [9.17, 15) is 10.1 Å². The maximum Gasteiger partial charge on any atom is 0.269 e. The summed E-state index contributed by atoms with van der Waals surface area (Å²) in [5, 5.41) is 21.8. The molecule has 4 aromatic rings. The highest BCUT2D eigenvalue weighted by atomic mass is 32.1. The first-order valence-corrected chi connectivity index (χ1v) is 10.0. The predicted octanol–water partition coefficient (Wildman–Crippen LogP) is 4.83. The van der Waals surface area contributed by atoms with E-state index in [2.05, 4.69) is 15.2 Å². The molecule has 0 amide bonds. The van der Waals surface area contributed by atoms with Crippen LogP contribution in [0.4, 0.5) is 5.69 Å². The van der Waals surface area contributed by atoms with Crippen molar-refractivity contribution in [2.24, 2.45) is 10.2 Å². The summed E-state index contributed by atoms with van der Waals surface area (Å²) in [7, 11) is 0. The number of hydrogen-bond acceptors (Lipinski definition) is 6. The number of aromatic nitrogens is 2. The summed E-state index contributed by atoms with van der Waals surface area (Å²) < 4.78 is 1.99. The van der Waals surface area contributed by atoms with E-state index in [1.54, 1.807) is 18.3 Å². The minimum absolute atomic E-state index is 0.0562. The highest BCUT2D eigenvalue weighted by Crippen LogP contribution is 2.25. The summed E-state index contributed by atoms with van der Waals surface area (Å²) in [5.41, 5.74) is 4.19. The van der Waals surface area contributed by atoms with Crippen LogP contribution >= 0.6 is 11.3 Å². The minimum Gasteiger partial charge on any atom is -0.284 e. The van der Waals surface area contributed by atoms with Crippen LogP contribution in [-0.4, -0.2) is 20.2 Å². The molecule has 0 aliphatic heterocycles. The Morgan fingerprint density at radius 1 is 1.03 bits per heavy atom. The second kappa shape index (κ2) is 8.62. The normalized spacial score (nSPS) is 12.2. The van der Waals surface area contributed by atoms with Crippen LogP contribution in [0.2, 0.25) is 0 Å². The smallest absolute Gasteiger partial charge is 0.269 e. The third-order valence-corrected chi connectivity index (χ3v) is 5.23. The maximum absolute atomic E-state index is 11.0. The molecular weight excluding hydrogens is 398 g/mol. The molecule has 0 spiro atoms. The molecule has 0 aliphatic carbocycles. The van der Waals surface area contributed by atoms with Gasteiger partial charge in [0.05, 0.1) is 22.0 Å². The number of hydrogen-bond donors (Lipinski definition) is 0. The van der Waals surface area contributed by atoms with Crippen molar-refractivity contribution in [3.63, 3.8) is 0 Å². The van der Waals surface area contributed by atoms with Crippen LogP contribution in [-0.2, 0) is 0 Å². The van der Waals surface area contributed by atoms with Crippen molar-refractivity contribution in [1.29, 1.82) is 0 Å². The lowest BCUT2D eigenvalue weighted by Crippen LogP contribution is -2.13. The summed E-state index contributed by atoms with van der Waals surface area (Å²) in [6, 6.07) is 21.9. The molecule has 2 aromatic carbocycles. The number of non-ortho nitro benzene ring substituents is 1. The minimum atomic E-state index is -0.404. The fourth-order valence-corrected chi connectivity index (χ4v) is 3.76. The lowest BCUT2D eigenvalue weighted by Gasteiger charge is -2.08. The monoisotopic (exact) mass is 415 g/mol. The third kappa shape index (κ3) is 4.08. The Balaban J connectivity index is 1.83. The van der Waals surface area contributed by atoms with E-state index >= 15 is 0 Å². The second-order valence-electron chi connectivity index (χ2n) is 6.38. The highest BCUT2D eigenvalue weighted by molar-refractivity contribution is 7.07. The van der Waals surface area contributed by atoms with E-state index in [-0.39, 0.29) is 5.69 Å². The van der Waals surface area contributed by atoms with Crippen molar-refractivity contribution in [3.05, 3.63) is 105 Å². The standard InChI is InChI=1S/C22H17N5O2S/c1-16(20-9-5-6-14-23-20)24-25-22-26(18-7-3-2-4-8-18)21(15-30-22)17-10-12-19(13-11-17)27(28)29/h2-15H,1H3/b24-16+,25-22-. The largest absolute Gasteiger partial charge is 0.284 e. The lowest BCUT2D eigenvalue weighted by atomic mass is 10.1. The van der Waals surface area contributed by atoms with Crippen molar-refractivity contribution in [2.45, 2.75) is 6.92 Å². The van der Waals surface area contributed by atoms with Gasteiger partial charge in [0.1, 0.15) is 0 Å². The fourth-order valence-electron chi connectivity index (χ4n) is 2.91. The third-order valence-electron chi connectivity index (χ3n) is 4.42. The molecule has 0 atom stereocenters. The summed E-state index contributed by atoms with van der Waals surface area (Å²) >= 11 is 1.45. The number of nitro benzene ring substituents is 1. The van der Waals surface area contributed by atoms with Gasteiger partial charge in [-0.2, -0.15) is 5.10 Å². The topological polar surface area (TPSA) is 85.7 Å². The molecule has 7 nitrogen and oxygen atoms in total. The van der Waals surface area contributed by atoms with Gasteiger partial charge < -0.3 is 0 Å². The first kappa shape index (κ1) is 19.4. The molecule has 4 rings (SSSR count). The molecule has 0 N–H and O–H groups in total. The van der Waals surface area contributed by atoms with Crippen LogP contribution in [0.5, 0.6) is 0 Å². The second-order valence-corrected chi connectivity index (χ2v) is 7.22. The summed E-state index contributed by atoms with van der Waals surface area (Å²) in [6.07, 6.45) is 1.72. The van der Waals surface area contributed by atoms with Crippen molar-refractivity contribution < 1.29 is 4.92 Å². The Morgan fingerprint density at radius 2 is 1.77 bits per heavy atom.